The molecule has 1 atom stereocenters. The summed E-state index contributed by atoms with van der Waals surface area (Å²) in [5.41, 5.74) is 0.925. The van der Waals surface area contributed by atoms with E-state index in [4.69, 9.17) is 28.2 Å². The molecular weight excluding hydrogens is 463 g/mol. The number of hydrogen-bond acceptors (Lipinski definition) is 5. The van der Waals surface area contributed by atoms with E-state index in [0.29, 0.717) is 33.6 Å². The van der Waals surface area contributed by atoms with Crippen LogP contribution in [0.25, 0.3) is 11.2 Å². The van der Waals surface area contributed by atoms with Crippen LogP contribution in [0.1, 0.15) is 62.3 Å². The fourth-order valence-corrected chi connectivity index (χ4v) is 5.54. The van der Waals surface area contributed by atoms with Crippen LogP contribution in [0.15, 0.2) is 23.0 Å². The van der Waals surface area contributed by atoms with Crippen LogP contribution in [0.4, 0.5) is 0 Å². The Morgan fingerprint density at radius 3 is 2.61 bits per heavy atom. The lowest BCUT2D eigenvalue weighted by Crippen LogP contribution is -2.43. The Labute approximate surface area is 201 Å². The van der Waals surface area contributed by atoms with Gasteiger partial charge in [0.15, 0.2) is 11.2 Å². The molecule has 3 aromatic rings. The molecule has 1 N–H and O–H groups in total. The number of likely N-dealkylation sites (tertiary alicyclic amines) is 1. The van der Waals surface area contributed by atoms with Crippen LogP contribution in [-0.2, 0) is 11.3 Å². The molecule has 0 spiro atoms. The highest BCUT2D eigenvalue weighted by atomic mass is 35.5. The Morgan fingerprint density at radius 1 is 1.09 bits per heavy atom. The maximum Gasteiger partial charge on any atom is 0.281 e. The van der Waals surface area contributed by atoms with Crippen molar-refractivity contribution in [3.05, 3.63) is 50.0 Å². The summed E-state index contributed by atoms with van der Waals surface area (Å²) in [4.78, 5) is 35.4. The first-order valence-electron chi connectivity index (χ1n) is 11.6. The maximum atomic E-state index is 13.1. The van der Waals surface area contributed by atoms with Crippen molar-refractivity contribution in [2.75, 3.05) is 13.1 Å². The summed E-state index contributed by atoms with van der Waals surface area (Å²) in [7, 11) is 0. The van der Waals surface area contributed by atoms with Gasteiger partial charge in [0.2, 0.25) is 5.91 Å². The zero-order valence-electron chi connectivity index (χ0n) is 18.3. The molecule has 0 unspecified atom stereocenters. The lowest BCUT2D eigenvalue weighted by Gasteiger charge is -2.35. The molecule has 1 saturated carbocycles. The number of carbonyl (C=O) groups is 1. The summed E-state index contributed by atoms with van der Waals surface area (Å²) in [6.45, 7) is 1.59. The van der Waals surface area contributed by atoms with Gasteiger partial charge in [-0.05, 0) is 37.8 Å². The van der Waals surface area contributed by atoms with E-state index < -0.39 is 0 Å². The normalized spacial score (nSPS) is 19.8. The van der Waals surface area contributed by atoms with Gasteiger partial charge in [0.1, 0.15) is 5.82 Å². The van der Waals surface area contributed by atoms with Crippen molar-refractivity contribution in [3.63, 3.8) is 0 Å². The summed E-state index contributed by atoms with van der Waals surface area (Å²) < 4.78 is 1.55. The van der Waals surface area contributed by atoms with Crippen LogP contribution in [0.3, 0.4) is 0 Å². The highest BCUT2D eigenvalue weighted by Crippen LogP contribution is 2.30. The van der Waals surface area contributed by atoms with Crippen LogP contribution in [0.2, 0.25) is 10.0 Å². The van der Waals surface area contributed by atoms with Gasteiger partial charge in [0, 0.05) is 40.5 Å². The van der Waals surface area contributed by atoms with E-state index in [-0.39, 0.29) is 35.4 Å². The van der Waals surface area contributed by atoms with Gasteiger partial charge in [0.25, 0.3) is 5.56 Å². The van der Waals surface area contributed by atoms with Crippen LogP contribution >= 0.6 is 23.2 Å². The SMILES string of the molecule is O=C(C1CCCCC1)N1CCC[C@@H](c2nc3c(nnn3Cc3c(Cl)cccc3Cl)c(=O)[nH]2)C1. The Bertz CT molecular complexity index is 1210. The van der Waals surface area contributed by atoms with E-state index in [1.54, 1.807) is 22.9 Å². The molecule has 1 aliphatic carbocycles. The van der Waals surface area contributed by atoms with Crippen molar-refractivity contribution >= 4 is 40.3 Å². The van der Waals surface area contributed by atoms with Crippen molar-refractivity contribution < 1.29 is 4.79 Å². The summed E-state index contributed by atoms with van der Waals surface area (Å²) in [6.07, 6.45) is 7.20. The fraction of sp³-hybridized carbons (Fsp3) is 0.522. The van der Waals surface area contributed by atoms with E-state index in [1.807, 2.05) is 4.90 Å². The minimum atomic E-state index is -0.331. The molecule has 2 aliphatic rings. The van der Waals surface area contributed by atoms with Crippen LogP contribution in [0, 0.1) is 5.92 Å². The molecule has 3 heterocycles. The summed E-state index contributed by atoms with van der Waals surface area (Å²) >= 11 is 12.6. The number of hydrogen-bond donors (Lipinski definition) is 1. The lowest BCUT2D eigenvalue weighted by atomic mass is 9.87. The van der Waals surface area contributed by atoms with Crippen molar-refractivity contribution in [2.45, 2.75) is 57.4 Å². The smallest absolute Gasteiger partial charge is 0.281 e. The second-order valence-corrected chi connectivity index (χ2v) is 9.84. The predicted octanol–water partition coefficient (Wildman–Crippen LogP) is 4.16. The molecule has 1 aromatic carbocycles. The second kappa shape index (κ2) is 9.43. The number of carbonyl (C=O) groups excluding carboxylic acids is 1. The molecule has 1 saturated heterocycles. The Hall–Kier alpha value is -2.45. The molecule has 2 fully saturated rings. The molecule has 1 amide bonds. The third-order valence-corrected chi connectivity index (χ3v) is 7.54. The Balaban J connectivity index is 1.42. The first-order valence-corrected chi connectivity index (χ1v) is 12.3. The molecule has 0 bridgehead atoms. The standard InChI is InChI=1S/C23H26Cl2N6O2/c24-17-9-4-10-18(25)16(17)13-31-21-19(28-29-31)22(32)27-20(26-21)15-8-5-11-30(12-15)23(33)14-6-2-1-3-7-14/h4,9-10,14-15H,1-3,5-8,11-13H2,(H,26,27,32)/t15-/m1/s1. The van der Waals surface area contributed by atoms with Crippen LogP contribution in [0.5, 0.6) is 0 Å². The van der Waals surface area contributed by atoms with Crippen molar-refractivity contribution in [1.82, 2.24) is 29.9 Å². The second-order valence-electron chi connectivity index (χ2n) is 9.03. The average molecular weight is 489 g/mol. The Kier molecular flexibility index (Phi) is 6.38. The topological polar surface area (TPSA) is 96.8 Å². The van der Waals surface area contributed by atoms with E-state index in [9.17, 15) is 9.59 Å². The number of halogens is 2. The average Bonchev–Trinajstić information content (AvgIpc) is 3.25. The van der Waals surface area contributed by atoms with Gasteiger partial charge in [-0.25, -0.2) is 9.67 Å². The molecule has 2 aromatic heterocycles. The number of nitrogens with zero attached hydrogens (tertiary/aromatic N) is 5. The van der Waals surface area contributed by atoms with Crippen molar-refractivity contribution in [3.8, 4) is 0 Å². The third kappa shape index (κ3) is 4.51. The van der Waals surface area contributed by atoms with E-state index in [2.05, 4.69) is 15.3 Å². The first-order chi connectivity index (χ1) is 16.0. The third-order valence-electron chi connectivity index (χ3n) is 6.84. The number of aromatic nitrogens is 5. The van der Waals surface area contributed by atoms with Gasteiger partial charge in [-0.1, -0.05) is 53.7 Å². The van der Waals surface area contributed by atoms with Gasteiger partial charge in [-0.15, -0.1) is 5.10 Å². The molecule has 0 radical (unpaired) electrons. The largest absolute Gasteiger partial charge is 0.342 e. The van der Waals surface area contributed by atoms with Gasteiger partial charge < -0.3 is 9.88 Å². The number of aromatic amines is 1. The van der Waals surface area contributed by atoms with Crippen molar-refractivity contribution in [2.24, 2.45) is 5.92 Å². The lowest BCUT2D eigenvalue weighted by molar-refractivity contribution is -0.137. The van der Waals surface area contributed by atoms with E-state index in [0.717, 1.165) is 45.1 Å². The van der Waals surface area contributed by atoms with Gasteiger partial charge in [-0.2, -0.15) is 0 Å². The molecule has 8 nitrogen and oxygen atoms in total. The molecule has 10 heteroatoms. The zero-order valence-corrected chi connectivity index (χ0v) is 19.8. The van der Waals surface area contributed by atoms with E-state index in [1.165, 1.54) is 6.42 Å². The maximum absolute atomic E-state index is 13.1. The highest BCUT2D eigenvalue weighted by Gasteiger charge is 2.31. The fourth-order valence-electron chi connectivity index (χ4n) is 5.02. The number of benzene rings is 1. The molecule has 5 rings (SSSR count). The summed E-state index contributed by atoms with van der Waals surface area (Å²) in [5, 5.41) is 9.18. The number of rotatable bonds is 4. The van der Waals surface area contributed by atoms with Crippen LogP contribution < -0.4 is 5.56 Å². The highest BCUT2D eigenvalue weighted by molar-refractivity contribution is 6.36. The Morgan fingerprint density at radius 2 is 1.85 bits per heavy atom. The minimum absolute atomic E-state index is 0.0318. The monoisotopic (exact) mass is 488 g/mol. The molecule has 1 aliphatic heterocycles. The van der Waals surface area contributed by atoms with Gasteiger partial charge in [-0.3, -0.25) is 9.59 Å². The number of piperidine rings is 1. The van der Waals surface area contributed by atoms with Crippen molar-refractivity contribution in [1.29, 1.82) is 0 Å². The van der Waals surface area contributed by atoms with Gasteiger partial charge >= 0.3 is 0 Å². The first kappa shape index (κ1) is 22.3. The number of fused-ring (bicyclic) bond motifs is 1. The predicted molar refractivity (Wildman–Crippen MR) is 127 cm³/mol. The molecular formula is C23H26Cl2N6O2. The van der Waals surface area contributed by atoms with E-state index >= 15 is 0 Å². The van der Waals surface area contributed by atoms with Gasteiger partial charge in [0.05, 0.1) is 6.54 Å². The number of amides is 1. The zero-order chi connectivity index (χ0) is 22.9. The minimum Gasteiger partial charge on any atom is -0.342 e. The molecule has 33 heavy (non-hydrogen) atoms. The molecule has 174 valence electrons. The summed E-state index contributed by atoms with van der Waals surface area (Å²) in [5.74, 6) is 0.930. The summed E-state index contributed by atoms with van der Waals surface area (Å²) in [6, 6.07) is 5.29. The quantitative estimate of drug-likeness (QED) is 0.594. The number of nitrogens with one attached hydrogen (secondary N) is 1. The number of H-pyrrole nitrogens is 1. The van der Waals surface area contributed by atoms with Crippen LogP contribution in [-0.4, -0.2) is 48.9 Å².